The fourth-order valence-corrected chi connectivity index (χ4v) is 1.65. The van der Waals surface area contributed by atoms with Crippen molar-refractivity contribution in [1.29, 1.82) is 0 Å². The van der Waals surface area contributed by atoms with Crippen molar-refractivity contribution in [2.24, 2.45) is 0 Å². The van der Waals surface area contributed by atoms with Crippen LogP contribution in [0.2, 0.25) is 0 Å². The molecule has 1 aromatic rings. The van der Waals surface area contributed by atoms with Crippen LogP contribution in [0.5, 0.6) is 17.4 Å². The Morgan fingerprint density at radius 1 is 1.00 bits per heavy atom. The number of nitrogens with zero attached hydrogens (tertiary/aromatic N) is 1. The Labute approximate surface area is 121 Å². The smallest absolute Gasteiger partial charge is 0.261 e. The van der Waals surface area contributed by atoms with E-state index in [9.17, 15) is 0 Å². The highest BCUT2D eigenvalue weighted by molar-refractivity contribution is 5.47. The van der Waals surface area contributed by atoms with Crippen LogP contribution in [0.25, 0.3) is 0 Å². The van der Waals surface area contributed by atoms with E-state index >= 15 is 0 Å². The van der Waals surface area contributed by atoms with Crippen molar-refractivity contribution in [3.63, 3.8) is 0 Å². The van der Waals surface area contributed by atoms with Gasteiger partial charge in [0.25, 0.3) is 5.88 Å². The van der Waals surface area contributed by atoms with Crippen molar-refractivity contribution < 1.29 is 14.2 Å². The topological polar surface area (TPSA) is 40.6 Å². The van der Waals surface area contributed by atoms with Gasteiger partial charge in [0.05, 0.1) is 6.10 Å². The van der Waals surface area contributed by atoms with E-state index in [0.29, 0.717) is 17.4 Å². The van der Waals surface area contributed by atoms with Gasteiger partial charge in [-0.25, -0.2) is 4.98 Å². The van der Waals surface area contributed by atoms with Gasteiger partial charge in [-0.05, 0) is 54.4 Å². The molecule has 1 fully saturated rings. The molecule has 0 spiro atoms. The van der Waals surface area contributed by atoms with Crippen molar-refractivity contribution in [2.45, 2.75) is 71.7 Å². The fourth-order valence-electron chi connectivity index (χ4n) is 1.65. The zero-order chi connectivity index (χ0) is 15.0. The van der Waals surface area contributed by atoms with Gasteiger partial charge in [-0.15, -0.1) is 0 Å². The minimum absolute atomic E-state index is 0.267. The third-order valence-electron chi connectivity index (χ3n) is 2.46. The lowest BCUT2D eigenvalue weighted by Gasteiger charge is -2.26. The summed E-state index contributed by atoms with van der Waals surface area (Å²) < 4.78 is 17.8. The predicted octanol–water partition coefficient (Wildman–Crippen LogP) is 3.98. The Balaban J connectivity index is 2.32. The van der Waals surface area contributed by atoms with Crippen LogP contribution < -0.4 is 14.2 Å². The third kappa shape index (κ3) is 4.58. The van der Waals surface area contributed by atoms with Crippen LogP contribution in [0.4, 0.5) is 0 Å². The molecule has 1 aliphatic carbocycles. The summed E-state index contributed by atoms with van der Waals surface area (Å²) in [6.07, 6.45) is 4.13. The van der Waals surface area contributed by atoms with Gasteiger partial charge in [0.2, 0.25) is 5.75 Å². The molecule has 20 heavy (non-hydrogen) atoms. The van der Waals surface area contributed by atoms with Crippen LogP contribution in [-0.4, -0.2) is 22.3 Å². The monoisotopic (exact) mass is 279 g/mol. The van der Waals surface area contributed by atoms with Gasteiger partial charge in [0.1, 0.15) is 11.2 Å². The summed E-state index contributed by atoms with van der Waals surface area (Å²) in [5.74, 6) is 1.82. The van der Waals surface area contributed by atoms with E-state index in [1.54, 1.807) is 6.20 Å². The molecule has 1 heterocycles. The minimum atomic E-state index is -0.324. The second-order valence-corrected chi connectivity index (χ2v) is 7.19. The molecule has 0 atom stereocenters. The van der Waals surface area contributed by atoms with Gasteiger partial charge in [-0.3, -0.25) is 0 Å². The van der Waals surface area contributed by atoms with Crippen LogP contribution in [0, 0.1) is 0 Å². The molecule has 112 valence electrons. The molecule has 1 aliphatic rings. The minimum Gasteiger partial charge on any atom is -0.484 e. The summed E-state index contributed by atoms with van der Waals surface area (Å²) in [5.41, 5.74) is -0.614. The van der Waals surface area contributed by atoms with E-state index in [2.05, 4.69) is 4.98 Å². The van der Waals surface area contributed by atoms with Crippen molar-refractivity contribution in [1.82, 2.24) is 4.98 Å². The lowest BCUT2D eigenvalue weighted by atomic mass is 10.2. The second-order valence-electron chi connectivity index (χ2n) is 7.19. The van der Waals surface area contributed by atoms with Crippen LogP contribution >= 0.6 is 0 Å². The number of pyridine rings is 1. The fraction of sp³-hybridized carbons (Fsp3) is 0.688. The lowest BCUT2D eigenvalue weighted by Crippen LogP contribution is -2.26. The van der Waals surface area contributed by atoms with E-state index in [-0.39, 0.29) is 17.3 Å². The second kappa shape index (κ2) is 5.15. The number of aromatic nitrogens is 1. The molecule has 0 amide bonds. The standard InChI is InChI=1S/C16H25NO3/c1-15(2,3)19-12-9-10-17-14(20-16(4,5)6)13(12)18-11-7-8-11/h9-11H,7-8H2,1-6H3. The first-order valence-electron chi connectivity index (χ1n) is 7.18. The van der Waals surface area contributed by atoms with Crippen LogP contribution in [0.15, 0.2) is 12.3 Å². The number of rotatable bonds is 4. The largest absolute Gasteiger partial charge is 0.484 e. The molecule has 1 aromatic heterocycles. The van der Waals surface area contributed by atoms with Gasteiger partial charge >= 0.3 is 0 Å². The molecule has 0 bridgehead atoms. The highest BCUT2D eigenvalue weighted by atomic mass is 16.6. The van der Waals surface area contributed by atoms with Crippen LogP contribution in [0.1, 0.15) is 54.4 Å². The molecule has 0 aliphatic heterocycles. The summed E-state index contributed by atoms with van der Waals surface area (Å²) in [6.45, 7) is 12.0. The maximum absolute atomic E-state index is 5.97. The highest BCUT2D eigenvalue weighted by Crippen LogP contribution is 2.41. The molecular weight excluding hydrogens is 254 g/mol. The Kier molecular flexibility index (Phi) is 3.85. The van der Waals surface area contributed by atoms with Gasteiger partial charge in [0, 0.05) is 12.3 Å². The molecule has 0 N–H and O–H groups in total. The zero-order valence-corrected chi connectivity index (χ0v) is 13.3. The van der Waals surface area contributed by atoms with Gasteiger partial charge < -0.3 is 14.2 Å². The Hall–Kier alpha value is -1.45. The summed E-state index contributed by atoms with van der Waals surface area (Å²) in [6, 6.07) is 1.83. The quantitative estimate of drug-likeness (QED) is 0.836. The Bertz CT molecular complexity index is 433. The molecule has 2 rings (SSSR count). The highest BCUT2D eigenvalue weighted by Gasteiger charge is 2.30. The average Bonchev–Trinajstić information content (AvgIpc) is 3.02. The van der Waals surface area contributed by atoms with Gasteiger partial charge in [0.15, 0.2) is 5.75 Å². The van der Waals surface area contributed by atoms with Crippen molar-refractivity contribution in [3.8, 4) is 17.4 Å². The van der Waals surface area contributed by atoms with Gasteiger partial charge in [-0.2, -0.15) is 0 Å². The van der Waals surface area contributed by atoms with E-state index in [4.69, 9.17) is 14.2 Å². The third-order valence-corrected chi connectivity index (χ3v) is 2.46. The van der Waals surface area contributed by atoms with Crippen molar-refractivity contribution >= 4 is 0 Å². The number of hydrogen-bond acceptors (Lipinski definition) is 4. The molecule has 0 saturated heterocycles. The Morgan fingerprint density at radius 3 is 2.10 bits per heavy atom. The first kappa shape index (κ1) is 14.9. The summed E-state index contributed by atoms with van der Waals surface area (Å²) in [4.78, 5) is 4.31. The predicted molar refractivity (Wildman–Crippen MR) is 78.6 cm³/mol. The first-order chi connectivity index (χ1) is 9.14. The van der Waals surface area contributed by atoms with Gasteiger partial charge in [-0.1, -0.05) is 0 Å². The maximum atomic E-state index is 5.97. The van der Waals surface area contributed by atoms with Crippen molar-refractivity contribution in [3.05, 3.63) is 12.3 Å². The van der Waals surface area contributed by atoms with Crippen LogP contribution in [0.3, 0.4) is 0 Å². The van der Waals surface area contributed by atoms with E-state index in [1.807, 2.05) is 47.6 Å². The number of ether oxygens (including phenoxy) is 3. The molecule has 0 radical (unpaired) electrons. The van der Waals surface area contributed by atoms with Crippen LogP contribution in [-0.2, 0) is 0 Å². The SMILES string of the molecule is CC(C)(C)Oc1ccnc(OC(C)(C)C)c1OC1CC1. The maximum Gasteiger partial charge on any atom is 0.261 e. The molecule has 0 unspecified atom stereocenters. The first-order valence-corrected chi connectivity index (χ1v) is 7.18. The summed E-state index contributed by atoms with van der Waals surface area (Å²) in [7, 11) is 0. The normalized spacial score (nSPS) is 15.9. The molecule has 0 aromatic carbocycles. The zero-order valence-electron chi connectivity index (χ0n) is 13.3. The van der Waals surface area contributed by atoms with E-state index in [0.717, 1.165) is 12.8 Å². The summed E-state index contributed by atoms with van der Waals surface area (Å²) >= 11 is 0. The lowest BCUT2D eigenvalue weighted by molar-refractivity contribution is 0.102. The summed E-state index contributed by atoms with van der Waals surface area (Å²) in [5, 5.41) is 0. The van der Waals surface area contributed by atoms with E-state index in [1.165, 1.54) is 0 Å². The van der Waals surface area contributed by atoms with E-state index < -0.39 is 0 Å². The number of hydrogen-bond donors (Lipinski definition) is 0. The molecule has 4 nitrogen and oxygen atoms in total. The van der Waals surface area contributed by atoms with Crippen molar-refractivity contribution in [2.75, 3.05) is 0 Å². The Morgan fingerprint density at radius 2 is 1.60 bits per heavy atom. The molecule has 4 heteroatoms. The molecule has 1 saturated carbocycles. The average molecular weight is 279 g/mol. The molecular formula is C16H25NO3.